The summed E-state index contributed by atoms with van der Waals surface area (Å²) in [5.74, 6) is 0.578. The summed E-state index contributed by atoms with van der Waals surface area (Å²) in [4.78, 5) is 14.3. The molecule has 0 saturated heterocycles. The fourth-order valence-electron chi connectivity index (χ4n) is 3.26. The van der Waals surface area contributed by atoms with Gasteiger partial charge in [-0.25, -0.2) is 4.98 Å². The van der Waals surface area contributed by atoms with Crippen LogP contribution in [-0.2, 0) is 22.7 Å². The van der Waals surface area contributed by atoms with Crippen LogP contribution in [0.5, 0.6) is 5.75 Å². The molecule has 172 valence electrons. The summed E-state index contributed by atoms with van der Waals surface area (Å²) in [7, 11) is 1.70. The van der Waals surface area contributed by atoms with E-state index in [2.05, 4.69) is 15.5 Å². The van der Waals surface area contributed by atoms with E-state index in [0.29, 0.717) is 36.7 Å². The van der Waals surface area contributed by atoms with E-state index in [-0.39, 0.29) is 5.75 Å². The van der Waals surface area contributed by atoms with Crippen LogP contribution in [0.3, 0.4) is 0 Å². The van der Waals surface area contributed by atoms with E-state index in [1.807, 2.05) is 30.3 Å². The molecule has 2 N–H and O–H groups in total. The molecule has 2 heterocycles. The number of amides is 1. The fourth-order valence-corrected chi connectivity index (χ4v) is 3.26. The molecular formula is C25H33N3O4. The first kappa shape index (κ1) is 25.1. The highest BCUT2D eigenvalue weighted by molar-refractivity contribution is 5.59. The maximum atomic E-state index is 10.3. The molecular weight excluding hydrogens is 406 g/mol. The van der Waals surface area contributed by atoms with E-state index < -0.39 is 0 Å². The smallest absolute Gasteiger partial charge is 0.207 e. The third-order valence-electron chi connectivity index (χ3n) is 4.98. The Balaban J connectivity index is 0.000000200. The highest BCUT2D eigenvalue weighted by atomic mass is 16.5. The second-order valence-electron chi connectivity index (χ2n) is 7.52. The summed E-state index contributed by atoms with van der Waals surface area (Å²) in [6, 6.07) is 13.2. The number of aromatic hydroxyl groups is 1. The third kappa shape index (κ3) is 8.89. The third-order valence-corrected chi connectivity index (χ3v) is 4.98. The molecule has 1 fully saturated rings. The van der Waals surface area contributed by atoms with Gasteiger partial charge in [0.05, 0.1) is 18.5 Å². The van der Waals surface area contributed by atoms with Crippen LogP contribution < -0.4 is 5.32 Å². The van der Waals surface area contributed by atoms with Crippen LogP contribution in [0.2, 0.25) is 0 Å². The van der Waals surface area contributed by atoms with Gasteiger partial charge in [0.1, 0.15) is 11.4 Å². The van der Waals surface area contributed by atoms with Crippen LogP contribution in [0, 0.1) is 6.92 Å². The Morgan fingerprint density at radius 1 is 1.06 bits per heavy atom. The summed E-state index contributed by atoms with van der Waals surface area (Å²) in [6.07, 6.45) is 10.9. The molecule has 0 bridgehead atoms. The van der Waals surface area contributed by atoms with Crippen LogP contribution >= 0.6 is 0 Å². The van der Waals surface area contributed by atoms with Crippen molar-refractivity contribution in [3.05, 3.63) is 65.5 Å². The monoisotopic (exact) mass is 439 g/mol. The highest BCUT2D eigenvalue weighted by Crippen LogP contribution is 2.25. The average Bonchev–Trinajstić information content (AvgIpc) is 3.21. The number of nitrogens with zero attached hydrogens (tertiary/aromatic N) is 2. The minimum absolute atomic E-state index is 0.0811. The Bertz CT molecular complexity index is 880. The van der Waals surface area contributed by atoms with Crippen molar-refractivity contribution in [1.29, 1.82) is 0 Å². The molecule has 4 rings (SSSR count). The quantitative estimate of drug-likeness (QED) is 0.514. The molecule has 32 heavy (non-hydrogen) atoms. The largest absolute Gasteiger partial charge is 0.506 e. The topological polar surface area (TPSA) is 97.5 Å². The molecule has 0 unspecified atom stereocenters. The molecule has 0 atom stereocenters. The molecule has 2 aromatic heterocycles. The molecule has 1 aromatic carbocycles. The van der Waals surface area contributed by atoms with E-state index in [1.54, 1.807) is 20.1 Å². The Kier molecular flexibility index (Phi) is 11.6. The van der Waals surface area contributed by atoms with Gasteiger partial charge in [-0.2, -0.15) is 0 Å². The number of aryl methyl sites for hydroxylation is 1. The van der Waals surface area contributed by atoms with Crippen molar-refractivity contribution in [3.8, 4) is 17.2 Å². The first-order valence-electron chi connectivity index (χ1n) is 11.0. The Morgan fingerprint density at radius 3 is 2.25 bits per heavy atom. The molecule has 1 saturated carbocycles. The lowest BCUT2D eigenvalue weighted by Crippen LogP contribution is -2.10. The molecule has 7 heteroatoms. The zero-order valence-corrected chi connectivity index (χ0v) is 18.9. The predicted molar refractivity (Wildman–Crippen MR) is 124 cm³/mol. The van der Waals surface area contributed by atoms with Gasteiger partial charge in [0, 0.05) is 19.2 Å². The standard InChI is InChI=1S/C11H11N3O3.C8H10O.C6H12/c1-7-9(5-12-6-15)11(17-14-7)10-3-2-8(16)4-13-10;1-9-7-8-5-3-2-4-6-8;1-2-4-6-5-3-1/h2-4,6,16H,5H2,1H3,(H,12,15);2-6H,7H2,1H3;1-6H2. The van der Waals surface area contributed by atoms with E-state index in [0.717, 1.165) is 5.56 Å². The number of benzene rings is 1. The summed E-state index contributed by atoms with van der Waals surface area (Å²) >= 11 is 0. The van der Waals surface area contributed by atoms with Crippen molar-refractivity contribution in [2.24, 2.45) is 0 Å². The second kappa shape index (κ2) is 14.8. The number of methoxy groups -OCH3 is 1. The van der Waals surface area contributed by atoms with Crippen LogP contribution in [0.25, 0.3) is 11.5 Å². The fraction of sp³-hybridized carbons (Fsp3) is 0.400. The lowest BCUT2D eigenvalue weighted by atomic mass is 10.0. The van der Waals surface area contributed by atoms with Gasteiger partial charge in [0.2, 0.25) is 6.41 Å². The van der Waals surface area contributed by atoms with Gasteiger partial charge in [-0.3, -0.25) is 4.79 Å². The first-order chi connectivity index (χ1) is 15.7. The van der Waals surface area contributed by atoms with Gasteiger partial charge in [-0.15, -0.1) is 0 Å². The van der Waals surface area contributed by atoms with Gasteiger partial charge in [0.25, 0.3) is 0 Å². The number of hydrogen-bond donors (Lipinski definition) is 2. The summed E-state index contributed by atoms with van der Waals surface area (Å²) in [6.45, 7) is 2.83. The Labute approximate surface area is 189 Å². The number of rotatable bonds is 6. The first-order valence-corrected chi connectivity index (χ1v) is 11.0. The van der Waals surface area contributed by atoms with E-state index in [4.69, 9.17) is 14.4 Å². The Hall–Kier alpha value is -3.19. The van der Waals surface area contributed by atoms with Crippen LogP contribution in [-0.4, -0.2) is 28.8 Å². The highest BCUT2D eigenvalue weighted by Gasteiger charge is 2.15. The maximum Gasteiger partial charge on any atom is 0.207 e. The number of carbonyl (C=O) groups is 1. The van der Waals surface area contributed by atoms with E-state index in [9.17, 15) is 4.79 Å². The number of ether oxygens (including phenoxy) is 1. The molecule has 7 nitrogen and oxygen atoms in total. The number of pyridine rings is 1. The molecule has 1 amide bonds. The lowest BCUT2D eigenvalue weighted by molar-refractivity contribution is -0.109. The summed E-state index contributed by atoms with van der Waals surface area (Å²) in [5.41, 5.74) is 3.26. The van der Waals surface area contributed by atoms with Gasteiger partial charge in [0.15, 0.2) is 5.76 Å². The normalized spacial score (nSPS) is 12.6. The van der Waals surface area contributed by atoms with E-state index in [1.165, 1.54) is 56.4 Å². The average molecular weight is 440 g/mol. The predicted octanol–water partition coefficient (Wildman–Crippen LogP) is 5.17. The Morgan fingerprint density at radius 2 is 1.72 bits per heavy atom. The molecule has 1 aliphatic rings. The van der Waals surface area contributed by atoms with E-state index >= 15 is 0 Å². The van der Waals surface area contributed by atoms with Crippen molar-refractivity contribution in [2.45, 2.75) is 58.6 Å². The van der Waals surface area contributed by atoms with Gasteiger partial charge < -0.3 is 19.7 Å². The van der Waals surface area contributed by atoms with Gasteiger partial charge in [-0.1, -0.05) is 74.0 Å². The molecule has 3 aromatic rings. The zero-order valence-electron chi connectivity index (χ0n) is 18.9. The number of hydrogen-bond acceptors (Lipinski definition) is 6. The summed E-state index contributed by atoms with van der Waals surface area (Å²) in [5, 5.41) is 15.5. The van der Waals surface area contributed by atoms with Crippen LogP contribution in [0.4, 0.5) is 0 Å². The maximum absolute atomic E-state index is 10.3. The minimum Gasteiger partial charge on any atom is -0.506 e. The lowest BCUT2D eigenvalue weighted by Gasteiger charge is -2.05. The van der Waals surface area contributed by atoms with Crippen molar-refractivity contribution < 1.29 is 19.2 Å². The molecule has 0 aliphatic heterocycles. The van der Waals surface area contributed by atoms with Crippen LogP contribution in [0.1, 0.15) is 55.3 Å². The molecule has 0 radical (unpaired) electrons. The number of nitrogens with one attached hydrogen (secondary N) is 1. The van der Waals surface area contributed by atoms with Crippen molar-refractivity contribution in [3.63, 3.8) is 0 Å². The number of carbonyl (C=O) groups excluding carboxylic acids is 1. The SMILES string of the molecule is C1CCCCC1.COCc1ccccc1.Cc1noc(-c2ccc(O)cn2)c1CNC=O. The van der Waals surface area contributed by atoms with Gasteiger partial charge in [-0.05, 0) is 24.6 Å². The zero-order chi connectivity index (χ0) is 23.0. The van der Waals surface area contributed by atoms with Crippen molar-refractivity contribution >= 4 is 6.41 Å². The van der Waals surface area contributed by atoms with Crippen molar-refractivity contribution in [2.75, 3.05) is 7.11 Å². The minimum atomic E-state index is 0.0811. The second-order valence-corrected chi connectivity index (χ2v) is 7.52. The van der Waals surface area contributed by atoms with Crippen molar-refractivity contribution in [1.82, 2.24) is 15.5 Å². The molecule has 0 spiro atoms. The molecule has 1 aliphatic carbocycles. The van der Waals surface area contributed by atoms with Crippen LogP contribution in [0.15, 0.2) is 53.2 Å². The van der Waals surface area contributed by atoms with Gasteiger partial charge >= 0.3 is 0 Å². The number of aromatic nitrogens is 2. The summed E-state index contributed by atoms with van der Waals surface area (Å²) < 4.78 is 10.1.